The standard InChI is InChI=1S/C11H13N5O2/c1-8(11(17)18-2)13-9-4-3-5-10(6-9)16-7-12-14-15-16/h3-8,13H,1-2H3. The van der Waals surface area contributed by atoms with Gasteiger partial charge in [-0.3, -0.25) is 0 Å². The number of ether oxygens (including phenoxy) is 1. The number of nitrogens with zero attached hydrogens (tertiary/aromatic N) is 4. The van der Waals surface area contributed by atoms with Crippen molar-refractivity contribution in [2.24, 2.45) is 0 Å². The zero-order valence-corrected chi connectivity index (χ0v) is 10.1. The van der Waals surface area contributed by atoms with E-state index >= 15 is 0 Å². The van der Waals surface area contributed by atoms with Gasteiger partial charge in [0.05, 0.1) is 12.8 Å². The van der Waals surface area contributed by atoms with Gasteiger partial charge in [0.2, 0.25) is 0 Å². The number of aromatic nitrogens is 4. The molecule has 0 saturated carbocycles. The molecule has 0 bridgehead atoms. The average Bonchev–Trinajstić information content (AvgIpc) is 2.92. The lowest BCUT2D eigenvalue weighted by Gasteiger charge is -2.13. The van der Waals surface area contributed by atoms with E-state index in [0.717, 1.165) is 11.4 Å². The van der Waals surface area contributed by atoms with Gasteiger partial charge in [0, 0.05) is 5.69 Å². The number of anilines is 1. The smallest absolute Gasteiger partial charge is 0.327 e. The Kier molecular flexibility index (Phi) is 3.52. The molecule has 7 nitrogen and oxygen atoms in total. The van der Waals surface area contributed by atoms with Crippen molar-refractivity contribution in [2.45, 2.75) is 13.0 Å². The summed E-state index contributed by atoms with van der Waals surface area (Å²) in [6.07, 6.45) is 1.50. The first-order chi connectivity index (χ1) is 8.70. The fraction of sp³-hybridized carbons (Fsp3) is 0.273. The lowest BCUT2D eigenvalue weighted by Crippen LogP contribution is -2.27. The van der Waals surface area contributed by atoms with E-state index in [0.29, 0.717) is 0 Å². The summed E-state index contributed by atoms with van der Waals surface area (Å²) in [7, 11) is 1.36. The minimum atomic E-state index is -0.417. The molecule has 1 heterocycles. The summed E-state index contributed by atoms with van der Waals surface area (Å²) in [5, 5.41) is 14.0. The Bertz CT molecular complexity index is 526. The van der Waals surface area contributed by atoms with Gasteiger partial charge in [0.15, 0.2) is 0 Å². The second-order valence-corrected chi connectivity index (χ2v) is 3.69. The largest absolute Gasteiger partial charge is 0.467 e. The Balaban J connectivity index is 2.15. The number of methoxy groups -OCH3 is 1. The molecule has 18 heavy (non-hydrogen) atoms. The molecule has 0 aliphatic carbocycles. The van der Waals surface area contributed by atoms with Crippen molar-refractivity contribution in [1.82, 2.24) is 20.2 Å². The molecule has 2 aromatic rings. The van der Waals surface area contributed by atoms with Crippen LogP contribution in [-0.2, 0) is 9.53 Å². The van der Waals surface area contributed by atoms with E-state index in [9.17, 15) is 4.79 Å². The molecule has 1 aromatic carbocycles. The molecule has 1 unspecified atom stereocenters. The molecule has 2 rings (SSSR count). The van der Waals surface area contributed by atoms with Crippen LogP contribution in [0.4, 0.5) is 5.69 Å². The maximum absolute atomic E-state index is 11.3. The first kappa shape index (κ1) is 12.0. The van der Waals surface area contributed by atoms with Crippen molar-refractivity contribution in [3.05, 3.63) is 30.6 Å². The zero-order valence-electron chi connectivity index (χ0n) is 10.1. The number of rotatable bonds is 4. The fourth-order valence-corrected chi connectivity index (χ4v) is 1.50. The Labute approximate surface area is 104 Å². The Morgan fingerprint density at radius 1 is 1.50 bits per heavy atom. The lowest BCUT2D eigenvalue weighted by atomic mass is 10.2. The van der Waals surface area contributed by atoms with E-state index < -0.39 is 6.04 Å². The molecule has 1 aromatic heterocycles. The summed E-state index contributed by atoms with van der Waals surface area (Å²) in [4.78, 5) is 11.3. The minimum Gasteiger partial charge on any atom is -0.467 e. The van der Waals surface area contributed by atoms with Gasteiger partial charge in [-0.05, 0) is 35.5 Å². The summed E-state index contributed by atoms with van der Waals surface area (Å²) < 4.78 is 6.18. The van der Waals surface area contributed by atoms with Crippen LogP contribution in [0.2, 0.25) is 0 Å². The molecule has 0 aliphatic rings. The van der Waals surface area contributed by atoms with Crippen LogP contribution in [0.5, 0.6) is 0 Å². The molecule has 0 saturated heterocycles. The highest BCUT2D eigenvalue weighted by atomic mass is 16.5. The van der Waals surface area contributed by atoms with Crippen molar-refractivity contribution in [3.63, 3.8) is 0 Å². The van der Waals surface area contributed by atoms with Crippen molar-refractivity contribution < 1.29 is 9.53 Å². The van der Waals surface area contributed by atoms with E-state index in [4.69, 9.17) is 0 Å². The molecule has 0 radical (unpaired) electrons. The monoisotopic (exact) mass is 247 g/mol. The number of carbonyl (C=O) groups excluding carboxylic acids is 1. The lowest BCUT2D eigenvalue weighted by molar-refractivity contribution is -0.141. The number of hydrogen-bond acceptors (Lipinski definition) is 6. The topological polar surface area (TPSA) is 81.9 Å². The molecule has 0 spiro atoms. The van der Waals surface area contributed by atoms with Crippen LogP contribution >= 0.6 is 0 Å². The van der Waals surface area contributed by atoms with Gasteiger partial charge in [-0.1, -0.05) is 6.07 Å². The fourth-order valence-electron chi connectivity index (χ4n) is 1.50. The summed E-state index contributed by atoms with van der Waals surface area (Å²) in [6.45, 7) is 1.73. The van der Waals surface area contributed by atoms with Crippen LogP contribution < -0.4 is 5.32 Å². The van der Waals surface area contributed by atoms with Crippen LogP contribution in [0.15, 0.2) is 30.6 Å². The second kappa shape index (κ2) is 5.26. The highest BCUT2D eigenvalue weighted by molar-refractivity contribution is 5.78. The number of benzene rings is 1. The van der Waals surface area contributed by atoms with E-state index in [-0.39, 0.29) is 5.97 Å². The number of carbonyl (C=O) groups is 1. The van der Waals surface area contributed by atoms with Gasteiger partial charge in [0.1, 0.15) is 12.4 Å². The highest BCUT2D eigenvalue weighted by Gasteiger charge is 2.12. The van der Waals surface area contributed by atoms with Crippen molar-refractivity contribution in [2.75, 3.05) is 12.4 Å². The molecule has 0 aliphatic heterocycles. The van der Waals surface area contributed by atoms with Gasteiger partial charge in [0.25, 0.3) is 0 Å². The van der Waals surface area contributed by atoms with Crippen LogP contribution in [0.3, 0.4) is 0 Å². The molecule has 7 heteroatoms. The van der Waals surface area contributed by atoms with E-state index in [1.165, 1.54) is 18.1 Å². The summed E-state index contributed by atoms with van der Waals surface area (Å²) in [6, 6.07) is 7.00. The maximum atomic E-state index is 11.3. The molecular weight excluding hydrogens is 234 g/mol. The van der Waals surface area contributed by atoms with E-state index in [1.807, 2.05) is 24.3 Å². The van der Waals surface area contributed by atoms with Crippen LogP contribution in [0, 0.1) is 0 Å². The Morgan fingerprint density at radius 2 is 2.33 bits per heavy atom. The van der Waals surface area contributed by atoms with Crippen LogP contribution in [0.25, 0.3) is 5.69 Å². The van der Waals surface area contributed by atoms with E-state index in [1.54, 1.807) is 6.92 Å². The molecule has 1 atom stereocenters. The number of hydrogen-bond donors (Lipinski definition) is 1. The third-order valence-corrected chi connectivity index (χ3v) is 2.40. The molecule has 94 valence electrons. The molecule has 0 fully saturated rings. The first-order valence-electron chi connectivity index (χ1n) is 5.38. The van der Waals surface area contributed by atoms with Gasteiger partial charge in [-0.25, -0.2) is 9.48 Å². The van der Waals surface area contributed by atoms with Crippen LogP contribution in [0.1, 0.15) is 6.92 Å². The van der Waals surface area contributed by atoms with Gasteiger partial charge < -0.3 is 10.1 Å². The normalized spacial score (nSPS) is 11.9. The van der Waals surface area contributed by atoms with Crippen molar-refractivity contribution >= 4 is 11.7 Å². The van der Waals surface area contributed by atoms with Crippen LogP contribution in [-0.4, -0.2) is 39.3 Å². The number of tetrazole rings is 1. The third-order valence-electron chi connectivity index (χ3n) is 2.40. The summed E-state index contributed by atoms with van der Waals surface area (Å²) in [5.74, 6) is -0.317. The number of nitrogens with one attached hydrogen (secondary N) is 1. The zero-order chi connectivity index (χ0) is 13.0. The molecule has 0 amide bonds. The average molecular weight is 247 g/mol. The van der Waals surface area contributed by atoms with E-state index in [2.05, 4.69) is 25.6 Å². The van der Waals surface area contributed by atoms with Crippen molar-refractivity contribution in [1.29, 1.82) is 0 Å². The second-order valence-electron chi connectivity index (χ2n) is 3.69. The predicted octanol–water partition coefficient (Wildman–Crippen LogP) is 0.636. The summed E-state index contributed by atoms with van der Waals surface area (Å²) in [5.41, 5.74) is 1.60. The Morgan fingerprint density at radius 3 is 3.00 bits per heavy atom. The quantitative estimate of drug-likeness (QED) is 0.798. The SMILES string of the molecule is COC(=O)C(C)Nc1cccc(-n2cnnn2)c1. The maximum Gasteiger partial charge on any atom is 0.327 e. The third kappa shape index (κ3) is 2.62. The van der Waals surface area contributed by atoms with Gasteiger partial charge in [-0.15, -0.1) is 5.10 Å². The first-order valence-corrected chi connectivity index (χ1v) is 5.38. The predicted molar refractivity (Wildman–Crippen MR) is 64.3 cm³/mol. The highest BCUT2D eigenvalue weighted by Crippen LogP contribution is 2.14. The summed E-state index contributed by atoms with van der Waals surface area (Å²) >= 11 is 0. The van der Waals surface area contributed by atoms with Gasteiger partial charge >= 0.3 is 5.97 Å². The Hall–Kier alpha value is -2.44. The minimum absolute atomic E-state index is 0.317. The van der Waals surface area contributed by atoms with Gasteiger partial charge in [-0.2, -0.15) is 0 Å². The number of esters is 1. The molecular formula is C11H13N5O2. The molecule has 1 N–H and O–H groups in total. The van der Waals surface area contributed by atoms with Crippen molar-refractivity contribution in [3.8, 4) is 5.69 Å².